The van der Waals surface area contributed by atoms with Gasteiger partial charge in [0.1, 0.15) is 17.1 Å². The van der Waals surface area contributed by atoms with E-state index in [0.29, 0.717) is 10.5 Å². The average molecular weight is 520 g/mol. The fourth-order valence-corrected chi connectivity index (χ4v) is 6.36. The summed E-state index contributed by atoms with van der Waals surface area (Å²) >= 11 is 2.73. The lowest BCUT2D eigenvalue weighted by molar-refractivity contribution is -0.384. The average Bonchev–Trinajstić information content (AvgIpc) is 3.33. The first kappa shape index (κ1) is 23.9. The minimum absolute atomic E-state index is 0.136. The third-order valence-corrected chi connectivity index (χ3v) is 8.40. The zero-order valence-electron chi connectivity index (χ0n) is 17.3. The molecule has 3 heterocycles. The Morgan fingerprint density at radius 1 is 1.29 bits per heavy atom. The number of nitrogens with one attached hydrogen (secondary N) is 1. The molecule has 10 nitrogen and oxygen atoms in total. The predicted octanol–water partition coefficient (Wildman–Crippen LogP) is 2.26. The number of rotatable bonds is 8. The zero-order valence-corrected chi connectivity index (χ0v) is 19.7. The normalized spacial score (nSPS) is 20.6. The number of nitro benzene ring substituents is 1. The number of carbonyl (C=O) groups is 3. The van der Waals surface area contributed by atoms with Crippen LogP contribution in [0.5, 0.6) is 0 Å². The van der Waals surface area contributed by atoms with E-state index in [0.717, 1.165) is 9.78 Å². The SMILES string of the molecule is O=C(Cc1cccs1)NC1C(=O)N2C(C(=O)O)=C(C=CS(=O)c3ccc([N+](=O)[O-])cc3)CS[C@H]12. The van der Waals surface area contributed by atoms with Crippen LogP contribution in [-0.2, 0) is 31.6 Å². The summed E-state index contributed by atoms with van der Waals surface area (Å²) < 4.78 is 12.5. The van der Waals surface area contributed by atoms with Crippen molar-refractivity contribution >= 4 is 57.4 Å². The highest BCUT2D eigenvalue weighted by molar-refractivity contribution is 8.00. The number of carboxylic acid groups (broad SMARTS) is 1. The number of amides is 2. The molecule has 2 unspecified atom stereocenters. The van der Waals surface area contributed by atoms with Crippen LogP contribution in [0.2, 0.25) is 0 Å². The Labute approximate surface area is 203 Å². The van der Waals surface area contributed by atoms with Crippen molar-refractivity contribution in [3.8, 4) is 0 Å². The van der Waals surface area contributed by atoms with Crippen LogP contribution in [0.3, 0.4) is 0 Å². The molecule has 176 valence electrons. The molecule has 34 heavy (non-hydrogen) atoms. The maximum Gasteiger partial charge on any atom is 0.352 e. The molecule has 13 heteroatoms. The van der Waals surface area contributed by atoms with Gasteiger partial charge in [-0.3, -0.25) is 24.6 Å². The third kappa shape index (κ3) is 4.81. The number of aliphatic carboxylic acids is 1. The molecular formula is C21H17N3O7S3. The highest BCUT2D eigenvalue weighted by Gasteiger charge is 2.53. The molecular weight excluding hydrogens is 502 g/mol. The van der Waals surface area contributed by atoms with Crippen LogP contribution in [0.4, 0.5) is 5.69 Å². The number of carbonyl (C=O) groups excluding carboxylic acids is 2. The number of carboxylic acids is 1. The van der Waals surface area contributed by atoms with Gasteiger partial charge in [-0.15, -0.1) is 23.1 Å². The largest absolute Gasteiger partial charge is 0.477 e. The summed E-state index contributed by atoms with van der Waals surface area (Å²) in [4.78, 5) is 49.4. The van der Waals surface area contributed by atoms with Crippen LogP contribution in [0, 0.1) is 10.1 Å². The van der Waals surface area contributed by atoms with Gasteiger partial charge < -0.3 is 10.4 Å². The Morgan fingerprint density at radius 2 is 2.03 bits per heavy atom. The quantitative estimate of drug-likeness (QED) is 0.307. The molecule has 2 aliphatic heterocycles. The second-order valence-electron chi connectivity index (χ2n) is 7.24. The first-order valence-corrected chi connectivity index (χ1v) is 13.0. The first-order chi connectivity index (χ1) is 16.3. The highest BCUT2D eigenvalue weighted by atomic mass is 32.2. The van der Waals surface area contributed by atoms with Crippen molar-refractivity contribution in [2.45, 2.75) is 22.7 Å². The van der Waals surface area contributed by atoms with Gasteiger partial charge in [0.05, 0.1) is 22.1 Å². The van der Waals surface area contributed by atoms with Crippen LogP contribution >= 0.6 is 23.1 Å². The summed E-state index contributed by atoms with van der Waals surface area (Å²) in [5.41, 5.74) is -0.0427. The molecule has 2 N–H and O–H groups in total. The lowest BCUT2D eigenvalue weighted by Gasteiger charge is -2.49. The van der Waals surface area contributed by atoms with Crippen LogP contribution in [0.25, 0.3) is 0 Å². The van der Waals surface area contributed by atoms with Gasteiger partial charge in [-0.1, -0.05) is 6.07 Å². The van der Waals surface area contributed by atoms with Crippen molar-refractivity contribution in [3.05, 3.63) is 79.5 Å². The Balaban J connectivity index is 1.47. The summed E-state index contributed by atoms with van der Waals surface area (Å²) in [5.74, 6) is -1.90. The molecule has 2 amide bonds. The van der Waals surface area contributed by atoms with Gasteiger partial charge >= 0.3 is 5.97 Å². The van der Waals surface area contributed by atoms with Crippen molar-refractivity contribution in [3.63, 3.8) is 0 Å². The van der Waals surface area contributed by atoms with E-state index in [-0.39, 0.29) is 29.5 Å². The molecule has 1 aromatic heterocycles. The molecule has 0 spiro atoms. The van der Waals surface area contributed by atoms with E-state index in [9.17, 15) is 33.8 Å². The molecule has 2 aromatic rings. The van der Waals surface area contributed by atoms with Gasteiger partial charge in [-0.05, 0) is 35.2 Å². The van der Waals surface area contributed by atoms with Crippen molar-refractivity contribution in [2.75, 3.05) is 5.75 Å². The monoisotopic (exact) mass is 519 g/mol. The molecule has 0 aliphatic carbocycles. The molecule has 0 bridgehead atoms. The number of β-lactam (4-membered cyclic amide) rings is 1. The molecule has 0 saturated carbocycles. The Morgan fingerprint density at radius 3 is 2.65 bits per heavy atom. The second kappa shape index (κ2) is 9.91. The topological polar surface area (TPSA) is 147 Å². The molecule has 0 radical (unpaired) electrons. The first-order valence-electron chi connectivity index (χ1n) is 9.82. The lowest BCUT2D eigenvalue weighted by Crippen LogP contribution is -2.70. The number of non-ortho nitro benzene ring substituents is 1. The number of hydrogen-bond acceptors (Lipinski definition) is 8. The number of hydrogen-bond donors (Lipinski definition) is 2. The summed E-state index contributed by atoms with van der Waals surface area (Å²) in [6.07, 6.45) is 1.53. The van der Waals surface area contributed by atoms with E-state index < -0.39 is 39.0 Å². The number of nitro groups is 1. The van der Waals surface area contributed by atoms with Crippen molar-refractivity contribution < 1.29 is 28.6 Å². The predicted molar refractivity (Wildman–Crippen MR) is 126 cm³/mol. The lowest BCUT2D eigenvalue weighted by atomic mass is 10.0. The number of thiophene rings is 1. The molecule has 2 aliphatic rings. The number of allylic oxidation sites excluding steroid dienone is 1. The smallest absolute Gasteiger partial charge is 0.352 e. The van der Waals surface area contributed by atoms with Gasteiger partial charge in [-0.25, -0.2) is 9.00 Å². The van der Waals surface area contributed by atoms with Crippen LogP contribution in [-0.4, -0.2) is 54.1 Å². The Hall–Kier alpha value is -3.29. The highest BCUT2D eigenvalue weighted by Crippen LogP contribution is 2.40. The van der Waals surface area contributed by atoms with E-state index >= 15 is 0 Å². The van der Waals surface area contributed by atoms with E-state index in [4.69, 9.17) is 0 Å². The molecule has 1 aromatic carbocycles. The number of benzene rings is 1. The maximum absolute atomic E-state index is 12.7. The summed E-state index contributed by atoms with van der Waals surface area (Å²) in [6.45, 7) is 0. The van der Waals surface area contributed by atoms with Gasteiger partial charge in [0.2, 0.25) is 5.91 Å². The Bertz CT molecular complexity index is 1240. The number of thioether (sulfide) groups is 1. The van der Waals surface area contributed by atoms with Crippen LogP contribution < -0.4 is 5.32 Å². The van der Waals surface area contributed by atoms with Gasteiger partial charge in [-0.2, -0.15) is 0 Å². The maximum atomic E-state index is 12.7. The minimum Gasteiger partial charge on any atom is -0.477 e. The van der Waals surface area contributed by atoms with E-state index in [1.54, 1.807) is 0 Å². The fourth-order valence-electron chi connectivity index (χ4n) is 3.49. The number of nitrogens with zero attached hydrogens (tertiary/aromatic N) is 2. The van der Waals surface area contributed by atoms with E-state index in [1.807, 2.05) is 17.5 Å². The van der Waals surface area contributed by atoms with E-state index in [1.165, 1.54) is 58.8 Å². The van der Waals surface area contributed by atoms with Gasteiger partial charge in [0, 0.05) is 33.1 Å². The second-order valence-corrected chi connectivity index (χ2v) is 10.7. The van der Waals surface area contributed by atoms with Gasteiger partial charge in [0.25, 0.3) is 11.6 Å². The molecule has 1 fully saturated rings. The molecule has 1 saturated heterocycles. The summed E-state index contributed by atoms with van der Waals surface area (Å²) in [5, 5.41) is 25.8. The third-order valence-electron chi connectivity index (χ3n) is 5.10. The van der Waals surface area contributed by atoms with Crippen molar-refractivity contribution in [1.82, 2.24) is 10.2 Å². The summed E-state index contributed by atoms with van der Waals surface area (Å²) in [6, 6.07) is 8.02. The standard InChI is InChI=1S/C21H17N3O7S3/c25-16(10-14-2-1-8-32-14)22-17-19(26)23-18(21(27)28)12(11-33-20(17)23)7-9-34(31)15-5-3-13(4-6-15)24(29)30/h1-9,17,20H,10-11H2,(H,22,25)(H,27,28)/t17?,20-,34?/m1/s1. The van der Waals surface area contributed by atoms with Crippen molar-refractivity contribution in [2.24, 2.45) is 0 Å². The minimum atomic E-state index is -1.68. The van der Waals surface area contributed by atoms with Gasteiger partial charge in [0.15, 0.2) is 0 Å². The van der Waals surface area contributed by atoms with Crippen LogP contribution in [0.1, 0.15) is 4.88 Å². The number of fused-ring (bicyclic) bond motifs is 1. The zero-order chi connectivity index (χ0) is 24.4. The van der Waals surface area contributed by atoms with Crippen molar-refractivity contribution in [1.29, 1.82) is 0 Å². The van der Waals surface area contributed by atoms with E-state index in [2.05, 4.69) is 5.32 Å². The summed E-state index contributed by atoms with van der Waals surface area (Å²) in [7, 11) is -1.68. The molecule has 3 atom stereocenters. The Kier molecular flexibility index (Phi) is 6.95. The molecule has 4 rings (SSSR count). The fraction of sp³-hybridized carbons (Fsp3) is 0.190. The van der Waals surface area contributed by atoms with Crippen LogP contribution in [0.15, 0.2) is 69.4 Å².